The molecule has 19 heteroatoms. The first-order valence-electron chi connectivity index (χ1n) is 23.0. The molecule has 0 spiro atoms. The number of fused-ring (bicyclic) bond motifs is 2. The molecular weight excluding hydrogens is 897 g/mol. The molecule has 1 aromatic heterocycles. The highest BCUT2D eigenvalue weighted by Crippen LogP contribution is 2.36. The van der Waals surface area contributed by atoms with Crippen LogP contribution in [0.3, 0.4) is 0 Å². The van der Waals surface area contributed by atoms with Gasteiger partial charge in [0.25, 0.3) is 11.5 Å². The fourth-order valence-corrected chi connectivity index (χ4v) is 11.6. The Kier molecular flexibility index (Phi) is 12.2. The molecule has 0 aliphatic carbocycles. The van der Waals surface area contributed by atoms with E-state index >= 15 is 4.39 Å². The van der Waals surface area contributed by atoms with Gasteiger partial charge in [0, 0.05) is 56.9 Å². The number of hydrogen-bond donors (Lipinski definition) is 2. The van der Waals surface area contributed by atoms with Crippen molar-refractivity contribution in [2.75, 3.05) is 55.4 Å². The number of halogens is 2. The molecule has 3 amide bonds. The van der Waals surface area contributed by atoms with Crippen LogP contribution in [0.2, 0.25) is 0 Å². The number of imide groups is 1. The van der Waals surface area contributed by atoms with Crippen LogP contribution in [0, 0.1) is 23.1 Å². The Labute approximate surface area is 391 Å². The van der Waals surface area contributed by atoms with Gasteiger partial charge in [0.05, 0.1) is 22.3 Å². The normalized spacial score (nSPS) is 21.0. The van der Waals surface area contributed by atoms with Crippen molar-refractivity contribution < 1.29 is 36.3 Å². The number of carbonyl (C=O) groups is 3. The minimum Gasteiger partial charge on any atom is -0.453 e. The lowest BCUT2D eigenvalue weighted by molar-refractivity contribution is -0.136. The van der Waals surface area contributed by atoms with Crippen LogP contribution >= 0.6 is 0 Å². The average molecular weight is 946 g/mol. The summed E-state index contributed by atoms with van der Waals surface area (Å²) in [6.07, 6.45) is 4.93. The van der Waals surface area contributed by atoms with Crippen LogP contribution in [0.15, 0.2) is 83.9 Å². The number of anilines is 2. The zero-order chi connectivity index (χ0) is 47.3. The molecule has 5 aromatic rings. The molecule has 352 valence electrons. The minimum atomic E-state index is -4.24. The summed E-state index contributed by atoms with van der Waals surface area (Å²) in [6.45, 7) is 4.89. The molecule has 0 radical (unpaired) electrons. The molecule has 68 heavy (non-hydrogen) atoms. The molecule has 2 N–H and O–H groups in total. The number of piperidine rings is 3. The van der Waals surface area contributed by atoms with Crippen molar-refractivity contribution in [3.8, 4) is 23.3 Å². The van der Waals surface area contributed by atoms with Crippen molar-refractivity contribution in [3.05, 3.63) is 118 Å². The molecule has 2 atom stereocenters. The van der Waals surface area contributed by atoms with Gasteiger partial charge in [0.15, 0.2) is 11.6 Å². The van der Waals surface area contributed by atoms with Gasteiger partial charge in [-0.2, -0.15) is 18.0 Å². The van der Waals surface area contributed by atoms with Gasteiger partial charge in [0.2, 0.25) is 11.8 Å². The van der Waals surface area contributed by atoms with E-state index in [-0.39, 0.29) is 54.6 Å². The van der Waals surface area contributed by atoms with Gasteiger partial charge in [-0.15, -0.1) is 0 Å². The number of benzene rings is 4. The van der Waals surface area contributed by atoms with Gasteiger partial charge in [-0.05, 0) is 135 Å². The van der Waals surface area contributed by atoms with Crippen molar-refractivity contribution in [1.82, 2.24) is 29.0 Å². The zero-order valence-electron chi connectivity index (χ0n) is 37.1. The maximum absolute atomic E-state index is 15.2. The number of alkyl halides is 1. The summed E-state index contributed by atoms with van der Waals surface area (Å²) in [5.41, 5.74) is 3.75. The van der Waals surface area contributed by atoms with E-state index in [0.717, 1.165) is 86.1 Å². The van der Waals surface area contributed by atoms with E-state index in [1.165, 1.54) is 34.7 Å². The van der Waals surface area contributed by atoms with Crippen LogP contribution in [0.5, 0.6) is 11.5 Å². The quantitative estimate of drug-likeness (QED) is 0.154. The Morgan fingerprint density at radius 2 is 1.63 bits per heavy atom. The fraction of sp³-hybridized carbons (Fsp3) is 0.388. The first kappa shape index (κ1) is 45.1. The van der Waals surface area contributed by atoms with E-state index in [0.29, 0.717) is 41.6 Å². The number of hydrogen-bond acceptors (Lipinski definition) is 11. The SMILES string of the molecule is N#Cc1c(NS(=O)(=O)N2CC[C@@H](F)C2)ccc(F)c1Oc1ccc2ncn(-c3ccc(C4CCN(CC5CCN(c6ccc7c(c6)CN(C6CCC(=O)NC6=O)C7=O)CC5)CC4)cc3)c(=O)c2c1. The summed E-state index contributed by atoms with van der Waals surface area (Å²) >= 11 is 0. The Hall–Kier alpha value is -6.75. The average Bonchev–Trinajstić information content (AvgIpc) is 3.93. The van der Waals surface area contributed by atoms with Gasteiger partial charge >= 0.3 is 10.2 Å². The highest BCUT2D eigenvalue weighted by atomic mass is 32.2. The van der Waals surface area contributed by atoms with Crippen molar-refractivity contribution in [2.45, 2.75) is 69.6 Å². The number of carbonyl (C=O) groups excluding carboxylic acids is 3. The molecule has 0 bridgehead atoms. The summed E-state index contributed by atoms with van der Waals surface area (Å²) in [5, 5.41) is 12.5. The van der Waals surface area contributed by atoms with Crippen LogP contribution in [0.4, 0.5) is 20.2 Å². The second-order valence-electron chi connectivity index (χ2n) is 18.3. The number of ether oxygens (including phenoxy) is 1. The predicted molar refractivity (Wildman–Crippen MR) is 248 cm³/mol. The monoisotopic (exact) mass is 945 g/mol. The number of nitriles is 1. The molecule has 10 rings (SSSR count). The van der Waals surface area contributed by atoms with Crippen LogP contribution in [-0.2, 0) is 26.3 Å². The van der Waals surface area contributed by atoms with E-state index in [1.807, 2.05) is 30.3 Å². The summed E-state index contributed by atoms with van der Waals surface area (Å²) in [6, 6.07) is 21.5. The topological polar surface area (TPSA) is 190 Å². The van der Waals surface area contributed by atoms with Crippen LogP contribution in [0.1, 0.15) is 77.9 Å². The second kappa shape index (κ2) is 18.4. The lowest BCUT2D eigenvalue weighted by Crippen LogP contribution is -2.52. The van der Waals surface area contributed by atoms with Crippen molar-refractivity contribution in [1.29, 1.82) is 5.26 Å². The smallest absolute Gasteiger partial charge is 0.301 e. The molecule has 1 unspecified atom stereocenters. The lowest BCUT2D eigenvalue weighted by Gasteiger charge is -2.38. The van der Waals surface area contributed by atoms with Crippen molar-refractivity contribution >= 4 is 50.2 Å². The third kappa shape index (κ3) is 8.91. The first-order chi connectivity index (χ1) is 32.8. The molecule has 4 fully saturated rings. The highest BCUT2D eigenvalue weighted by Gasteiger charge is 2.40. The molecule has 6 heterocycles. The highest BCUT2D eigenvalue weighted by molar-refractivity contribution is 7.90. The number of likely N-dealkylation sites (tertiary alicyclic amines) is 1. The van der Waals surface area contributed by atoms with Crippen molar-refractivity contribution in [2.24, 2.45) is 5.92 Å². The van der Waals surface area contributed by atoms with Crippen LogP contribution in [0.25, 0.3) is 16.6 Å². The minimum absolute atomic E-state index is 0.0222. The van der Waals surface area contributed by atoms with E-state index < -0.39 is 51.0 Å². The number of nitrogens with one attached hydrogen (secondary N) is 2. The summed E-state index contributed by atoms with van der Waals surface area (Å²) < 4.78 is 65.2. The summed E-state index contributed by atoms with van der Waals surface area (Å²) in [7, 11) is -4.24. The van der Waals surface area contributed by atoms with Crippen molar-refractivity contribution in [3.63, 3.8) is 0 Å². The standard InChI is InChI=1S/C49H49F2N9O7S/c50-34-17-22-58(28-34)68(65,66)55-43-10-8-41(51)46(40(43)25-52)67-37-6-9-42-39(24-37)49(64)60(29-53-42)35-3-1-31(2-4-35)32-15-18-56(19-16-32)26-30-13-20-57(21-14-30)36-5-7-38-33(23-36)27-59(48(38)63)44-11-12-45(61)54-47(44)62/h1-10,23-24,29-30,32,34,44,55H,11-22,26-28H2,(H,54,61,62)/t34-,44?/m1/s1. The third-order valence-electron chi connectivity index (χ3n) is 14.1. The van der Waals surface area contributed by atoms with Gasteiger partial charge in [-0.25, -0.2) is 13.8 Å². The largest absolute Gasteiger partial charge is 0.453 e. The maximum Gasteiger partial charge on any atom is 0.301 e. The van der Waals surface area contributed by atoms with E-state index in [4.69, 9.17) is 4.74 Å². The van der Waals surface area contributed by atoms with E-state index in [2.05, 4.69) is 43.0 Å². The molecule has 4 aromatic carbocycles. The predicted octanol–water partition coefficient (Wildman–Crippen LogP) is 5.75. The number of nitrogens with zero attached hydrogens (tertiary/aromatic N) is 7. The lowest BCUT2D eigenvalue weighted by atomic mass is 9.88. The van der Waals surface area contributed by atoms with E-state index in [9.17, 15) is 37.2 Å². The van der Waals surface area contributed by atoms with Crippen LogP contribution < -0.4 is 25.2 Å². The Balaban J connectivity index is 0.733. The Morgan fingerprint density at radius 3 is 2.35 bits per heavy atom. The molecule has 5 aliphatic rings. The zero-order valence-corrected chi connectivity index (χ0v) is 37.9. The fourth-order valence-electron chi connectivity index (χ4n) is 10.3. The van der Waals surface area contributed by atoms with Crippen LogP contribution in [-0.4, -0.2) is 108 Å². The van der Waals surface area contributed by atoms with Gasteiger partial charge in [0.1, 0.15) is 35.9 Å². The molecular formula is C49H49F2N9O7S. The summed E-state index contributed by atoms with van der Waals surface area (Å²) in [4.78, 5) is 62.2. The number of amides is 3. The maximum atomic E-state index is 15.2. The second-order valence-corrected chi connectivity index (χ2v) is 20.0. The van der Waals surface area contributed by atoms with Gasteiger partial charge < -0.3 is 19.4 Å². The van der Waals surface area contributed by atoms with Gasteiger partial charge in [-0.3, -0.25) is 33.8 Å². The third-order valence-corrected chi connectivity index (χ3v) is 15.6. The molecule has 0 saturated carbocycles. The number of aromatic nitrogens is 2. The summed E-state index contributed by atoms with van der Waals surface area (Å²) in [5.74, 6) is -1.35. The Morgan fingerprint density at radius 1 is 0.868 bits per heavy atom. The molecule has 5 aliphatic heterocycles. The number of rotatable bonds is 11. The van der Waals surface area contributed by atoms with Gasteiger partial charge in [-0.1, -0.05) is 12.1 Å². The van der Waals surface area contributed by atoms with E-state index in [1.54, 1.807) is 4.90 Å². The molecule has 16 nitrogen and oxygen atoms in total. The molecule has 4 saturated heterocycles. The Bertz CT molecular complexity index is 3040. The first-order valence-corrected chi connectivity index (χ1v) is 24.4.